The van der Waals surface area contributed by atoms with Crippen LogP contribution in [0.5, 0.6) is 0 Å². The van der Waals surface area contributed by atoms with Crippen molar-refractivity contribution in [3.63, 3.8) is 0 Å². The maximum Gasteiger partial charge on any atom is 0.250 e. The van der Waals surface area contributed by atoms with Gasteiger partial charge in [-0.15, -0.1) is 0 Å². The Morgan fingerprint density at radius 2 is 1.88 bits per heavy atom. The first-order valence-electron chi connectivity index (χ1n) is 10.9. The van der Waals surface area contributed by atoms with Crippen LogP contribution in [0.4, 0.5) is 5.69 Å². The first-order chi connectivity index (χ1) is 15.9. The zero-order valence-electron chi connectivity index (χ0n) is 18.7. The van der Waals surface area contributed by atoms with Gasteiger partial charge in [0.25, 0.3) is 0 Å². The quantitative estimate of drug-likeness (QED) is 0.322. The molecule has 1 fully saturated rings. The predicted molar refractivity (Wildman–Crippen MR) is 131 cm³/mol. The lowest BCUT2D eigenvalue weighted by molar-refractivity contribution is -0.117. The third-order valence-corrected chi connectivity index (χ3v) is 6.46. The van der Waals surface area contributed by atoms with Gasteiger partial charge in [-0.25, -0.2) is 0 Å². The molecule has 0 bridgehead atoms. The molecule has 7 heteroatoms. The van der Waals surface area contributed by atoms with Crippen molar-refractivity contribution in [3.8, 4) is 0 Å². The molecular weight excluding hydrogens is 438 g/mol. The largest absolute Gasteiger partial charge is 0.411 e. The fraction of sp³-hybridized carbons (Fsp3) is 0.269. The van der Waals surface area contributed by atoms with E-state index in [9.17, 15) is 14.8 Å². The van der Waals surface area contributed by atoms with E-state index in [1.807, 2.05) is 54.3 Å². The molecular formula is C26H26ClN3O3. The van der Waals surface area contributed by atoms with Crippen molar-refractivity contribution in [2.45, 2.75) is 32.1 Å². The minimum atomic E-state index is -0.131. The summed E-state index contributed by atoms with van der Waals surface area (Å²) in [5, 5.41) is 14.1. The minimum absolute atomic E-state index is 0.117. The van der Waals surface area contributed by atoms with Crippen molar-refractivity contribution in [2.75, 3.05) is 11.4 Å². The highest BCUT2D eigenvalue weighted by Gasteiger charge is 2.24. The van der Waals surface area contributed by atoms with Crippen molar-refractivity contribution in [1.82, 2.24) is 4.57 Å². The Kier molecular flexibility index (Phi) is 6.65. The number of benzene rings is 2. The fourth-order valence-corrected chi connectivity index (χ4v) is 4.65. The number of hydrogen-bond donors (Lipinski definition) is 1. The SMILES string of the molecule is Cc1cc(Cl)ccc1C(C/C(=N/O)c1ccc(=O)n(C)c1)c1ccc(N2CCCC2=O)cc1. The number of pyridine rings is 1. The van der Waals surface area contributed by atoms with E-state index < -0.39 is 0 Å². The number of nitrogens with zero attached hydrogens (tertiary/aromatic N) is 3. The molecule has 1 N–H and O–H groups in total. The van der Waals surface area contributed by atoms with Gasteiger partial charge in [0.15, 0.2) is 0 Å². The third kappa shape index (κ3) is 4.86. The molecule has 0 saturated carbocycles. The summed E-state index contributed by atoms with van der Waals surface area (Å²) in [6.07, 6.45) is 3.55. The summed E-state index contributed by atoms with van der Waals surface area (Å²) in [7, 11) is 1.67. The monoisotopic (exact) mass is 463 g/mol. The van der Waals surface area contributed by atoms with Crippen LogP contribution in [0.1, 0.15) is 47.4 Å². The van der Waals surface area contributed by atoms with Gasteiger partial charge in [0.05, 0.1) is 5.71 Å². The van der Waals surface area contributed by atoms with Gasteiger partial charge in [-0.05, 0) is 60.4 Å². The molecule has 2 heterocycles. The number of aromatic nitrogens is 1. The summed E-state index contributed by atoms with van der Waals surface area (Å²) in [5.74, 6) is 0.0333. The Balaban J connectivity index is 1.72. The Hall–Kier alpha value is -3.38. The second-order valence-corrected chi connectivity index (χ2v) is 8.85. The van der Waals surface area contributed by atoms with Gasteiger partial charge in [-0.2, -0.15) is 0 Å². The number of amides is 1. The summed E-state index contributed by atoms with van der Waals surface area (Å²) in [5.41, 5.74) is 5.04. The molecule has 4 rings (SSSR count). The van der Waals surface area contributed by atoms with E-state index in [0.29, 0.717) is 29.1 Å². The lowest BCUT2D eigenvalue weighted by atomic mass is 9.83. The summed E-state index contributed by atoms with van der Waals surface area (Å²) in [6, 6.07) is 16.9. The molecule has 33 heavy (non-hydrogen) atoms. The summed E-state index contributed by atoms with van der Waals surface area (Å²) >= 11 is 6.20. The first-order valence-corrected chi connectivity index (χ1v) is 11.3. The second kappa shape index (κ2) is 9.63. The fourth-order valence-electron chi connectivity index (χ4n) is 4.42. The van der Waals surface area contributed by atoms with Gasteiger partial charge < -0.3 is 14.7 Å². The number of aryl methyl sites for hydroxylation is 2. The average Bonchev–Trinajstić information content (AvgIpc) is 3.23. The van der Waals surface area contributed by atoms with Crippen LogP contribution >= 0.6 is 11.6 Å². The van der Waals surface area contributed by atoms with Crippen molar-refractivity contribution < 1.29 is 10.0 Å². The maximum atomic E-state index is 12.1. The highest BCUT2D eigenvalue weighted by molar-refractivity contribution is 6.30. The number of carbonyl (C=O) groups excluding carboxylic acids is 1. The summed E-state index contributed by atoms with van der Waals surface area (Å²) in [4.78, 5) is 25.8. The van der Waals surface area contributed by atoms with Crippen molar-refractivity contribution in [2.24, 2.45) is 12.2 Å². The van der Waals surface area contributed by atoms with Crippen LogP contribution in [0.25, 0.3) is 0 Å². The highest BCUT2D eigenvalue weighted by Crippen LogP contribution is 2.34. The molecule has 1 amide bonds. The first kappa shape index (κ1) is 22.8. The summed E-state index contributed by atoms with van der Waals surface area (Å²) < 4.78 is 1.46. The van der Waals surface area contributed by atoms with Gasteiger partial charge >= 0.3 is 0 Å². The van der Waals surface area contributed by atoms with E-state index in [1.54, 1.807) is 19.3 Å². The van der Waals surface area contributed by atoms with E-state index in [1.165, 1.54) is 10.6 Å². The lowest BCUT2D eigenvalue weighted by Crippen LogP contribution is -2.23. The molecule has 3 aromatic rings. The molecule has 170 valence electrons. The van der Waals surface area contributed by atoms with Crippen LogP contribution in [0.15, 0.2) is 70.7 Å². The van der Waals surface area contributed by atoms with Crippen molar-refractivity contribution in [3.05, 3.63) is 98.4 Å². The standard InChI is InChI=1S/C26H26ClN3O3/c1-17-14-20(27)8-11-22(17)23(15-24(28-33)19-7-12-25(31)29(2)16-19)18-5-9-21(10-6-18)30-13-3-4-26(30)32/h5-12,14,16,23,33H,3-4,13,15H2,1-2H3/b28-24-. The predicted octanol–water partition coefficient (Wildman–Crippen LogP) is 4.87. The van der Waals surface area contributed by atoms with E-state index >= 15 is 0 Å². The molecule has 0 spiro atoms. The van der Waals surface area contributed by atoms with Gasteiger partial charge in [-0.3, -0.25) is 9.59 Å². The number of carbonyl (C=O) groups is 1. The number of halogens is 1. The molecule has 2 aromatic carbocycles. The van der Waals surface area contributed by atoms with Gasteiger partial charge in [0, 0.05) is 60.9 Å². The topological polar surface area (TPSA) is 74.9 Å². The maximum absolute atomic E-state index is 12.1. The van der Waals surface area contributed by atoms with Gasteiger partial charge in [0.1, 0.15) is 0 Å². The Labute approximate surface area is 197 Å². The molecule has 1 aliphatic rings. The third-order valence-electron chi connectivity index (χ3n) is 6.23. The lowest BCUT2D eigenvalue weighted by Gasteiger charge is -2.22. The normalized spacial score (nSPS) is 15.2. The molecule has 1 saturated heterocycles. The van der Waals surface area contributed by atoms with Crippen LogP contribution in [-0.4, -0.2) is 27.9 Å². The number of oxime groups is 1. The van der Waals surface area contributed by atoms with E-state index in [2.05, 4.69) is 5.16 Å². The molecule has 0 radical (unpaired) electrons. The smallest absolute Gasteiger partial charge is 0.250 e. The van der Waals surface area contributed by atoms with Crippen molar-refractivity contribution in [1.29, 1.82) is 0 Å². The molecule has 6 nitrogen and oxygen atoms in total. The number of anilines is 1. The van der Waals surface area contributed by atoms with Crippen molar-refractivity contribution >= 4 is 28.9 Å². The minimum Gasteiger partial charge on any atom is -0.411 e. The van der Waals surface area contributed by atoms with Crippen LogP contribution in [0.2, 0.25) is 5.02 Å². The van der Waals surface area contributed by atoms with Gasteiger partial charge in [-0.1, -0.05) is 35.0 Å². The molecule has 1 atom stereocenters. The number of hydrogen-bond acceptors (Lipinski definition) is 4. The molecule has 0 aliphatic carbocycles. The Morgan fingerprint density at radius 3 is 2.48 bits per heavy atom. The average molecular weight is 464 g/mol. The molecule has 1 aromatic heterocycles. The van der Waals surface area contributed by atoms with E-state index in [-0.39, 0.29) is 17.4 Å². The zero-order chi connectivity index (χ0) is 23.5. The van der Waals surface area contributed by atoms with Crippen LogP contribution in [0.3, 0.4) is 0 Å². The van der Waals surface area contributed by atoms with Gasteiger partial charge in [0.2, 0.25) is 11.5 Å². The highest BCUT2D eigenvalue weighted by atomic mass is 35.5. The Bertz CT molecular complexity index is 1260. The van der Waals surface area contributed by atoms with E-state index in [0.717, 1.165) is 35.3 Å². The summed E-state index contributed by atoms with van der Waals surface area (Å²) in [6.45, 7) is 2.75. The Morgan fingerprint density at radius 1 is 1.12 bits per heavy atom. The molecule has 1 unspecified atom stereocenters. The zero-order valence-corrected chi connectivity index (χ0v) is 19.4. The second-order valence-electron chi connectivity index (χ2n) is 8.41. The van der Waals surface area contributed by atoms with Crippen LogP contribution < -0.4 is 10.5 Å². The molecule has 1 aliphatic heterocycles. The van der Waals surface area contributed by atoms with E-state index in [4.69, 9.17) is 11.6 Å². The van der Waals surface area contributed by atoms with Crippen LogP contribution in [-0.2, 0) is 11.8 Å². The van der Waals surface area contributed by atoms with Crippen LogP contribution in [0, 0.1) is 6.92 Å². The number of rotatable bonds is 6.